The zero-order valence-corrected chi connectivity index (χ0v) is 25.0. The summed E-state index contributed by atoms with van der Waals surface area (Å²) in [6.45, 7) is 5.87. The Labute approximate surface area is 247 Å². The Morgan fingerprint density at radius 2 is 1.62 bits per heavy atom. The van der Waals surface area contributed by atoms with E-state index in [2.05, 4.69) is 11.4 Å². The van der Waals surface area contributed by atoms with Gasteiger partial charge < -0.3 is 15.0 Å². The number of carbonyl (C=O) groups is 2. The largest absolute Gasteiger partial charge is 0.483 e. The molecule has 0 bridgehead atoms. The molecule has 5 nitrogen and oxygen atoms in total. The molecule has 3 aromatic carbocycles. The second kappa shape index (κ2) is 14.0. The Hall–Kier alpha value is -3.02. The molecule has 3 aromatic rings. The van der Waals surface area contributed by atoms with E-state index in [1.807, 2.05) is 57.2 Å². The highest BCUT2D eigenvalue weighted by Crippen LogP contribution is 2.28. The van der Waals surface area contributed by atoms with Gasteiger partial charge in [0, 0.05) is 34.6 Å². The topological polar surface area (TPSA) is 58.6 Å². The molecule has 0 unspecified atom stereocenters. The first-order chi connectivity index (χ1) is 19.2. The standard InChI is InChI=1S/C33H38Cl2N2O3/c1-22-17-23(2)24(3)31(18-22)40-21-32(38)37(20-27-28(34)15-10-16-29(27)35)30(19-25-11-6-4-7-12-25)33(39)36-26-13-8-5-9-14-26/h4,6-7,10-12,15-18,26,30H,5,8-9,13-14,19-21H2,1-3H3,(H,36,39)/t30-/m0/s1. The summed E-state index contributed by atoms with van der Waals surface area (Å²) >= 11 is 13.1. The number of hydrogen-bond acceptors (Lipinski definition) is 3. The van der Waals surface area contributed by atoms with Gasteiger partial charge in [0.05, 0.1) is 0 Å². The van der Waals surface area contributed by atoms with Crippen LogP contribution in [0.4, 0.5) is 0 Å². The number of nitrogens with zero attached hydrogens (tertiary/aromatic N) is 1. The molecule has 1 atom stereocenters. The first-order valence-electron chi connectivity index (χ1n) is 14.0. The van der Waals surface area contributed by atoms with E-state index in [9.17, 15) is 9.59 Å². The van der Waals surface area contributed by atoms with Gasteiger partial charge in [-0.2, -0.15) is 0 Å². The molecular weight excluding hydrogens is 543 g/mol. The highest BCUT2D eigenvalue weighted by molar-refractivity contribution is 6.36. The fraction of sp³-hybridized carbons (Fsp3) is 0.394. The Morgan fingerprint density at radius 3 is 2.30 bits per heavy atom. The fourth-order valence-electron chi connectivity index (χ4n) is 5.33. The molecule has 0 heterocycles. The lowest BCUT2D eigenvalue weighted by molar-refractivity contribution is -0.143. The van der Waals surface area contributed by atoms with Gasteiger partial charge in [-0.1, -0.05) is 84.9 Å². The van der Waals surface area contributed by atoms with Crippen LogP contribution in [0.25, 0.3) is 0 Å². The summed E-state index contributed by atoms with van der Waals surface area (Å²) < 4.78 is 6.08. The van der Waals surface area contributed by atoms with Crippen molar-refractivity contribution >= 4 is 35.0 Å². The second-order valence-electron chi connectivity index (χ2n) is 10.8. The van der Waals surface area contributed by atoms with Crippen LogP contribution in [-0.4, -0.2) is 35.4 Å². The van der Waals surface area contributed by atoms with E-state index < -0.39 is 6.04 Å². The molecule has 0 radical (unpaired) electrons. The molecule has 7 heteroatoms. The summed E-state index contributed by atoms with van der Waals surface area (Å²) in [5, 5.41) is 4.14. The van der Waals surface area contributed by atoms with Crippen LogP contribution in [0, 0.1) is 20.8 Å². The Balaban J connectivity index is 1.67. The molecule has 4 rings (SSSR count). The van der Waals surface area contributed by atoms with Crippen molar-refractivity contribution in [2.24, 2.45) is 0 Å². The van der Waals surface area contributed by atoms with Gasteiger partial charge >= 0.3 is 0 Å². The zero-order chi connectivity index (χ0) is 28.6. The summed E-state index contributed by atoms with van der Waals surface area (Å²) in [4.78, 5) is 29.5. The summed E-state index contributed by atoms with van der Waals surface area (Å²) in [6, 6.07) is 18.4. The highest BCUT2D eigenvalue weighted by atomic mass is 35.5. The lowest BCUT2D eigenvalue weighted by Gasteiger charge is -2.34. The number of carbonyl (C=O) groups excluding carboxylic acids is 2. The van der Waals surface area contributed by atoms with Gasteiger partial charge in [0.25, 0.3) is 5.91 Å². The van der Waals surface area contributed by atoms with E-state index in [1.165, 1.54) is 6.42 Å². The third-order valence-electron chi connectivity index (χ3n) is 7.73. The van der Waals surface area contributed by atoms with Crippen molar-refractivity contribution < 1.29 is 14.3 Å². The van der Waals surface area contributed by atoms with Crippen molar-refractivity contribution in [2.45, 2.75) is 77.9 Å². The van der Waals surface area contributed by atoms with Crippen molar-refractivity contribution in [3.05, 3.63) is 98.5 Å². The van der Waals surface area contributed by atoms with Crippen molar-refractivity contribution in [3.8, 4) is 5.75 Å². The number of rotatable bonds is 10. The SMILES string of the molecule is Cc1cc(C)c(C)c(OCC(=O)N(Cc2c(Cl)cccc2Cl)[C@@H](Cc2ccccc2)C(=O)NC2CCCCC2)c1. The molecule has 40 heavy (non-hydrogen) atoms. The predicted octanol–water partition coefficient (Wildman–Crippen LogP) is 7.39. The average molecular weight is 582 g/mol. The quantitative estimate of drug-likeness (QED) is 0.272. The third kappa shape index (κ3) is 7.80. The zero-order valence-electron chi connectivity index (χ0n) is 23.5. The predicted molar refractivity (Wildman–Crippen MR) is 162 cm³/mol. The molecule has 1 fully saturated rings. The maximum absolute atomic E-state index is 14.0. The monoisotopic (exact) mass is 580 g/mol. The van der Waals surface area contributed by atoms with Crippen molar-refractivity contribution in [2.75, 3.05) is 6.61 Å². The van der Waals surface area contributed by atoms with Crippen LogP contribution < -0.4 is 10.1 Å². The minimum atomic E-state index is -0.770. The second-order valence-corrected chi connectivity index (χ2v) is 11.6. The third-order valence-corrected chi connectivity index (χ3v) is 8.44. The molecule has 0 saturated heterocycles. The maximum atomic E-state index is 14.0. The molecule has 0 aromatic heterocycles. The summed E-state index contributed by atoms with van der Waals surface area (Å²) in [5.74, 6) is 0.178. The summed E-state index contributed by atoms with van der Waals surface area (Å²) in [7, 11) is 0. The first-order valence-corrected chi connectivity index (χ1v) is 14.8. The van der Waals surface area contributed by atoms with E-state index in [0.29, 0.717) is 27.8 Å². The normalized spacial score (nSPS) is 14.4. The number of aryl methyl sites for hydroxylation is 2. The van der Waals surface area contributed by atoms with Crippen LogP contribution in [0.3, 0.4) is 0 Å². The Morgan fingerprint density at radius 1 is 0.950 bits per heavy atom. The Bertz CT molecular complexity index is 1300. The number of halogens is 2. The van der Waals surface area contributed by atoms with Crippen LogP contribution in [0.5, 0.6) is 5.75 Å². The van der Waals surface area contributed by atoms with E-state index >= 15 is 0 Å². The summed E-state index contributed by atoms with van der Waals surface area (Å²) in [5.41, 5.74) is 4.69. The van der Waals surface area contributed by atoms with Crippen LogP contribution in [0.15, 0.2) is 60.7 Å². The highest BCUT2D eigenvalue weighted by Gasteiger charge is 2.33. The molecule has 1 N–H and O–H groups in total. The molecule has 212 valence electrons. The number of nitrogens with one attached hydrogen (secondary N) is 1. The van der Waals surface area contributed by atoms with Crippen LogP contribution >= 0.6 is 23.2 Å². The lowest BCUT2D eigenvalue weighted by Crippen LogP contribution is -2.53. The smallest absolute Gasteiger partial charge is 0.261 e. The van der Waals surface area contributed by atoms with Gasteiger partial charge in [0.1, 0.15) is 11.8 Å². The van der Waals surface area contributed by atoms with Crippen LogP contribution in [0.1, 0.15) is 59.9 Å². The van der Waals surface area contributed by atoms with Gasteiger partial charge in [0.2, 0.25) is 5.91 Å². The minimum absolute atomic E-state index is 0.0854. The molecule has 1 saturated carbocycles. The first kappa shape index (κ1) is 30.0. The van der Waals surface area contributed by atoms with Crippen molar-refractivity contribution in [1.29, 1.82) is 0 Å². The maximum Gasteiger partial charge on any atom is 0.261 e. The number of ether oxygens (including phenoxy) is 1. The molecule has 0 spiro atoms. The fourth-order valence-corrected chi connectivity index (χ4v) is 5.84. The molecule has 1 aliphatic carbocycles. The Kier molecular flexibility index (Phi) is 10.5. The van der Waals surface area contributed by atoms with Gasteiger partial charge in [-0.15, -0.1) is 0 Å². The molecule has 0 aliphatic heterocycles. The van der Waals surface area contributed by atoms with Crippen LogP contribution in [-0.2, 0) is 22.6 Å². The van der Waals surface area contributed by atoms with E-state index in [1.54, 1.807) is 23.1 Å². The summed E-state index contributed by atoms with van der Waals surface area (Å²) in [6.07, 6.45) is 5.62. The number of hydrogen-bond donors (Lipinski definition) is 1. The molecule has 1 aliphatic rings. The van der Waals surface area contributed by atoms with Gasteiger partial charge in [-0.25, -0.2) is 0 Å². The van der Waals surface area contributed by atoms with Gasteiger partial charge in [-0.05, 0) is 74.1 Å². The van der Waals surface area contributed by atoms with Crippen molar-refractivity contribution in [1.82, 2.24) is 10.2 Å². The average Bonchev–Trinajstić information content (AvgIpc) is 2.94. The van der Waals surface area contributed by atoms with Gasteiger partial charge in [0.15, 0.2) is 6.61 Å². The molecule has 2 amide bonds. The van der Waals surface area contributed by atoms with Crippen molar-refractivity contribution in [3.63, 3.8) is 0 Å². The lowest BCUT2D eigenvalue weighted by atomic mass is 9.94. The number of amides is 2. The van der Waals surface area contributed by atoms with E-state index in [0.717, 1.165) is 47.9 Å². The van der Waals surface area contributed by atoms with E-state index in [-0.39, 0.29) is 31.0 Å². The van der Waals surface area contributed by atoms with E-state index in [4.69, 9.17) is 27.9 Å². The minimum Gasteiger partial charge on any atom is -0.483 e. The number of benzene rings is 3. The van der Waals surface area contributed by atoms with Crippen LogP contribution in [0.2, 0.25) is 10.0 Å². The van der Waals surface area contributed by atoms with Gasteiger partial charge in [-0.3, -0.25) is 9.59 Å². The molecular formula is C33H38Cl2N2O3.